The highest BCUT2D eigenvalue weighted by atomic mass is 35.5. The standard InChI is InChI=1S/C17H12ClNO2S/c1-11-4-2-7-14(8-11)19-16(20)15(22-17(19)21)10-12-5-3-6-13(18)9-12/h2-10H,1H3/b15-10-. The Kier molecular flexibility index (Phi) is 4.05. The van der Waals surface area contributed by atoms with Gasteiger partial charge in [-0.3, -0.25) is 9.59 Å². The van der Waals surface area contributed by atoms with Crippen molar-refractivity contribution >= 4 is 46.3 Å². The number of halogens is 1. The molecule has 1 heterocycles. The second-order valence-electron chi connectivity index (χ2n) is 4.91. The second kappa shape index (κ2) is 5.99. The molecule has 0 aromatic heterocycles. The van der Waals surface area contributed by atoms with E-state index < -0.39 is 0 Å². The average Bonchev–Trinajstić information content (AvgIpc) is 2.73. The van der Waals surface area contributed by atoms with Gasteiger partial charge < -0.3 is 0 Å². The van der Waals surface area contributed by atoms with E-state index in [4.69, 9.17) is 11.6 Å². The molecule has 1 aliphatic heterocycles. The minimum absolute atomic E-state index is 0.288. The Morgan fingerprint density at radius 3 is 2.59 bits per heavy atom. The van der Waals surface area contributed by atoms with Gasteiger partial charge in [-0.15, -0.1) is 0 Å². The molecule has 0 unspecified atom stereocenters. The number of carbonyl (C=O) groups is 2. The Bertz CT molecular complexity index is 801. The molecule has 0 bridgehead atoms. The van der Waals surface area contributed by atoms with Crippen molar-refractivity contribution in [1.82, 2.24) is 0 Å². The molecule has 0 atom stereocenters. The van der Waals surface area contributed by atoms with Crippen LogP contribution in [0.4, 0.5) is 10.5 Å². The van der Waals surface area contributed by atoms with Crippen LogP contribution in [-0.2, 0) is 4.79 Å². The third kappa shape index (κ3) is 2.93. The third-order valence-electron chi connectivity index (χ3n) is 3.20. The topological polar surface area (TPSA) is 37.4 Å². The summed E-state index contributed by atoms with van der Waals surface area (Å²) in [4.78, 5) is 26.3. The van der Waals surface area contributed by atoms with E-state index in [1.54, 1.807) is 30.3 Å². The van der Waals surface area contributed by atoms with E-state index in [0.717, 1.165) is 22.9 Å². The van der Waals surface area contributed by atoms with Gasteiger partial charge in [-0.1, -0.05) is 35.9 Å². The van der Waals surface area contributed by atoms with Gasteiger partial charge >= 0.3 is 0 Å². The molecular formula is C17H12ClNO2S. The van der Waals surface area contributed by atoms with Crippen LogP contribution >= 0.6 is 23.4 Å². The van der Waals surface area contributed by atoms with Crippen molar-refractivity contribution in [2.75, 3.05) is 4.90 Å². The summed E-state index contributed by atoms with van der Waals surface area (Å²) in [6.07, 6.45) is 1.69. The Hall–Kier alpha value is -2.04. The van der Waals surface area contributed by atoms with Crippen LogP contribution < -0.4 is 4.90 Å². The Morgan fingerprint density at radius 1 is 1.09 bits per heavy atom. The van der Waals surface area contributed by atoms with Gasteiger partial charge in [0.05, 0.1) is 10.6 Å². The molecule has 0 spiro atoms. The first-order chi connectivity index (χ1) is 10.5. The lowest BCUT2D eigenvalue weighted by Gasteiger charge is -2.12. The number of anilines is 1. The predicted molar refractivity (Wildman–Crippen MR) is 91.1 cm³/mol. The van der Waals surface area contributed by atoms with E-state index in [2.05, 4.69) is 0 Å². The van der Waals surface area contributed by atoms with Crippen LogP contribution in [0.5, 0.6) is 0 Å². The number of imide groups is 1. The highest BCUT2D eigenvalue weighted by Crippen LogP contribution is 2.36. The van der Waals surface area contributed by atoms with Crippen molar-refractivity contribution in [3.8, 4) is 0 Å². The lowest BCUT2D eigenvalue weighted by molar-refractivity contribution is -0.113. The molecule has 0 N–H and O–H groups in total. The zero-order chi connectivity index (χ0) is 15.7. The number of carbonyl (C=O) groups excluding carboxylic acids is 2. The summed E-state index contributed by atoms with van der Waals surface area (Å²) in [5, 5.41) is 0.301. The molecule has 2 aromatic carbocycles. The second-order valence-corrected chi connectivity index (χ2v) is 6.34. The average molecular weight is 330 g/mol. The minimum atomic E-state index is -0.305. The zero-order valence-corrected chi connectivity index (χ0v) is 13.3. The van der Waals surface area contributed by atoms with Gasteiger partial charge in [-0.2, -0.15) is 0 Å². The number of amides is 2. The summed E-state index contributed by atoms with van der Waals surface area (Å²) in [5.41, 5.74) is 2.38. The maximum absolute atomic E-state index is 12.5. The smallest absolute Gasteiger partial charge is 0.268 e. The van der Waals surface area contributed by atoms with Crippen molar-refractivity contribution < 1.29 is 9.59 Å². The van der Waals surface area contributed by atoms with E-state index in [-0.39, 0.29) is 11.1 Å². The van der Waals surface area contributed by atoms with E-state index >= 15 is 0 Å². The molecule has 0 radical (unpaired) electrons. The van der Waals surface area contributed by atoms with Gasteiger partial charge in [0.1, 0.15) is 0 Å². The van der Waals surface area contributed by atoms with Crippen LogP contribution in [0.15, 0.2) is 53.4 Å². The molecule has 0 aliphatic carbocycles. The van der Waals surface area contributed by atoms with Crippen molar-refractivity contribution in [2.24, 2.45) is 0 Å². The first kappa shape index (κ1) is 14.9. The van der Waals surface area contributed by atoms with E-state index in [9.17, 15) is 9.59 Å². The molecule has 1 fully saturated rings. The maximum Gasteiger partial charge on any atom is 0.298 e. The first-order valence-corrected chi connectivity index (χ1v) is 7.84. The number of hydrogen-bond acceptors (Lipinski definition) is 3. The molecule has 5 heteroatoms. The van der Waals surface area contributed by atoms with Gasteiger partial charge in [-0.05, 0) is 60.2 Å². The number of nitrogens with zero attached hydrogens (tertiary/aromatic N) is 1. The molecule has 1 saturated heterocycles. The number of benzene rings is 2. The molecule has 3 rings (SSSR count). The number of thioether (sulfide) groups is 1. The Labute approximate surface area is 137 Å². The molecule has 2 aromatic rings. The predicted octanol–water partition coefficient (Wildman–Crippen LogP) is 4.89. The van der Waals surface area contributed by atoms with Crippen molar-refractivity contribution in [3.63, 3.8) is 0 Å². The Balaban J connectivity index is 1.95. The van der Waals surface area contributed by atoms with Crippen LogP contribution in [0.25, 0.3) is 6.08 Å². The molecule has 2 amide bonds. The summed E-state index contributed by atoms with van der Waals surface area (Å²) in [6.45, 7) is 1.92. The van der Waals surface area contributed by atoms with E-state index in [1.807, 2.05) is 31.2 Å². The molecular weight excluding hydrogens is 318 g/mol. The summed E-state index contributed by atoms with van der Waals surface area (Å²) < 4.78 is 0. The van der Waals surface area contributed by atoms with Gasteiger partial charge in [-0.25, -0.2) is 4.90 Å². The van der Waals surface area contributed by atoms with E-state index in [1.165, 1.54) is 4.90 Å². The first-order valence-electron chi connectivity index (χ1n) is 6.65. The van der Waals surface area contributed by atoms with Crippen molar-refractivity contribution in [2.45, 2.75) is 6.92 Å². The monoisotopic (exact) mass is 329 g/mol. The molecule has 22 heavy (non-hydrogen) atoms. The third-order valence-corrected chi connectivity index (χ3v) is 4.30. The summed E-state index contributed by atoms with van der Waals surface area (Å²) in [5.74, 6) is -0.305. The highest BCUT2D eigenvalue weighted by Gasteiger charge is 2.36. The van der Waals surface area contributed by atoms with Gasteiger partial charge in [0.2, 0.25) is 0 Å². The molecule has 1 aliphatic rings. The van der Waals surface area contributed by atoms with E-state index in [0.29, 0.717) is 15.6 Å². The molecule has 110 valence electrons. The van der Waals surface area contributed by atoms with Gasteiger partial charge in [0.25, 0.3) is 11.1 Å². The highest BCUT2D eigenvalue weighted by molar-refractivity contribution is 8.19. The lowest BCUT2D eigenvalue weighted by atomic mass is 10.2. The van der Waals surface area contributed by atoms with Crippen molar-refractivity contribution in [3.05, 3.63) is 69.6 Å². The van der Waals surface area contributed by atoms with Crippen LogP contribution in [-0.4, -0.2) is 11.1 Å². The van der Waals surface area contributed by atoms with Crippen LogP contribution in [0.3, 0.4) is 0 Å². The quantitative estimate of drug-likeness (QED) is 0.736. The fourth-order valence-corrected chi connectivity index (χ4v) is 3.25. The van der Waals surface area contributed by atoms with Crippen molar-refractivity contribution in [1.29, 1.82) is 0 Å². The van der Waals surface area contributed by atoms with Crippen LogP contribution in [0, 0.1) is 6.92 Å². The normalized spacial score (nSPS) is 16.6. The number of hydrogen-bond donors (Lipinski definition) is 0. The molecule has 3 nitrogen and oxygen atoms in total. The van der Waals surface area contributed by atoms with Crippen LogP contribution in [0.1, 0.15) is 11.1 Å². The fraction of sp³-hybridized carbons (Fsp3) is 0.0588. The lowest BCUT2D eigenvalue weighted by Crippen LogP contribution is -2.27. The zero-order valence-electron chi connectivity index (χ0n) is 11.7. The summed E-state index contributed by atoms with van der Waals surface area (Å²) in [6, 6.07) is 14.5. The summed E-state index contributed by atoms with van der Waals surface area (Å²) >= 11 is 6.88. The van der Waals surface area contributed by atoms with Crippen LogP contribution in [0.2, 0.25) is 5.02 Å². The summed E-state index contributed by atoms with van der Waals surface area (Å²) in [7, 11) is 0. The molecule has 0 saturated carbocycles. The largest absolute Gasteiger partial charge is 0.298 e. The fourth-order valence-electron chi connectivity index (χ4n) is 2.21. The Morgan fingerprint density at radius 2 is 1.86 bits per heavy atom. The maximum atomic E-state index is 12.5. The van der Waals surface area contributed by atoms with Gasteiger partial charge in [0.15, 0.2) is 0 Å². The van der Waals surface area contributed by atoms with Gasteiger partial charge in [0, 0.05) is 5.02 Å². The number of rotatable bonds is 2. The minimum Gasteiger partial charge on any atom is -0.268 e. The number of aryl methyl sites for hydroxylation is 1. The SMILES string of the molecule is Cc1cccc(N2C(=O)S/C(=C\c3cccc(Cl)c3)C2=O)c1.